The molecule has 1 heterocycles. The van der Waals surface area contributed by atoms with Crippen LogP contribution >= 0.6 is 23.2 Å². The molecule has 1 atom stereocenters. The predicted molar refractivity (Wildman–Crippen MR) is 95.7 cm³/mol. The van der Waals surface area contributed by atoms with Crippen molar-refractivity contribution in [3.8, 4) is 0 Å². The maximum Gasteiger partial charge on any atom is 0.256 e. The summed E-state index contributed by atoms with van der Waals surface area (Å²) in [4.78, 5) is 28.4. The fourth-order valence-corrected chi connectivity index (χ4v) is 3.24. The summed E-state index contributed by atoms with van der Waals surface area (Å²) in [6, 6.07) is 10.2. The van der Waals surface area contributed by atoms with Crippen LogP contribution in [0.15, 0.2) is 42.5 Å². The monoisotopic (exact) mass is 380 g/mol. The van der Waals surface area contributed by atoms with E-state index in [0.717, 1.165) is 0 Å². The molecule has 1 fully saturated rings. The van der Waals surface area contributed by atoms with E-state index in [-0.39, 0.29) is 16.8 Å². The number of piperazine rings is 1. The Balaban J connectivity index is 1.83. The molecular weight excluding hydrogens is 366 g/mol. The second-order valence-electron chi connectivity index (χ2n) is 5.74. The van der Waals surface area contributed by atoms with Crippen molar-refractivity contribution in [1.29, 1.82) is 0 Å². The van der Waals surface area contributed by atoms with E-state index in [1.165, 1.54) is 28.0 Å². The van der Waals surface area contributed by atoms with Crippen LogP contribution in [0, 0.1) is 5.82 Å². The lowest BCUT2D eigenvalue weighted by atomic mass is 10.1. The van der Waals surface area contributed by atoms with E-state index in [1.807, 2.05) is 0 Å². The first-order valence-corrected chi connectivity index (χ1v) is 8.47. The number of hydrogen-bond donors (Lipinski definition) is 0. The van der Waals surface area contributed by atoms with Gasteiger partial charge in [0.25, 0.3) is 5.91 Å². The molecule has 3 rings (SSSR count). The fraction of sp³-hybridized carbons (Fsp3) is 0.222. The van der Waals surface area contributed by atoms with Crippen LogP contribution in [-0.4, -0.2) is 35.8 Å². The summed E-state index contributed by atoms with van der Waals surface area (Å²) in [7, 11) is 0. The molecule has 0 aliphatic carbocycles. The molecule has 1 aliphatic rings. The molecule has 1 saturated heterocycles. The van der Waals surface area contributed by atoms with Crippen molar-refractivity contribution in [2.45, 2.75) is 13.0 Å². The Morgan fingerprint density at radius 2 is 1.84 bits per heavy atom. The number of anilines is 1. The third-order valence-corrected chi connectivity index (χ3v) is 4.85. The third kappa shape index (κ3) is 3.34. The molecule has 0 aromatic heterocycles. The molecule has 25 heavy (non-hydrogen) atoms. The lowest BCUT2D eigenvalue weighted by molar-refractivity contribution is -0.124. The molecule has 1 aliphatic heterocycles. The summed E-state index contributed by atoms with van der Waals surface area (Å²) in [6.07, 6.45) is 0. The lowest BCUT2D eigenvalue weighted by Crippen LogP contribution is -2.57. The number of carbonyl (C=O) groups is 2. The average molecular weight is 381 g/mol. The number of nitrogens with zero attached hydrogens (tertiary/aromatic N) is 2. The summed E-state index contributed by atoms with van der Waals surface area (Å²) >= 11 is 11.9. The number of hydrogen-bond acceptors (Lipinski definition) is 2. The van der Waals surface area contributed by atoms with E-state index in [4.69, 9.17) is 23.2 Å². The Morgan fingerprint density at radius 1 is 1.12 bits per heavy atom. The Labute approximate surface area is 154 Å². The Kier molecular flexibility index (Phi) is 4.97. The van der Waals surface area contributed by atoms with Crippen LogP contribution in [-0.2, 0) is 4.79 Å². The summed E-state index contributed by atoms with van der Waals surface area (Å²) in [5.74, 6) is -1.09. The molecule has 0 spiro atoms. The van der Waals surface area contributed by atoms with Gasteiger partial charge in [-0.1, -0.05) is 35.3 Å². The molecule has 2 amide bonds. The molecule has 2 aromatic rings. The first kappa shape index (κ1) is 17.7. The number of amides is 2. The van der Waals surface area contributed by atoms with Gasteiger partial charge in [-0.2, -0.15) is 0 Å². The maximum atomic E-state index is 13.3. The quantitative estimate of drug-likeness (QED) is 0.789. The van der Waals surface area contributed by atoms with Gasteiger partial charge in [-0.25, -0.2) is 4.39 Å². The second kappa shape index (κ2) is 7.02. The van der Waals surface area contributed by atoms with Crippen LogP contribution in [0.2, 0.25) is 10.0 Å². The van der Waals surface area contributed by atoms with Crippen LogP contribution in [0.4, 0.5) is 10.1 Å². The van der Waals surface area contributed by atoms with Crippen molar-refractivity contribution in [2.24, 2.45) is 0 Å². The second-order valence-corrected chi connectivity index (χ2v) is 6.56. The van der Waals surface area contributed by atoms with E-state index < -0.39 is 11.9 Å². The molecule has 0 N–H and O–H groups in total. The van der Waals surface area contributed by atoms with Crippen LogP contribution < -0.4 is 4.90 Å². The van der Waals surface area contributed by atoms with Gasteiger partial charge in [0.05, 0.1) is 15.6 Å². The van der Waals surface area contributed by atoms with Crippen LogP contribution in [0.1, 0.15) is 17.3 Å². The van der Waals surface area contributed by atoms with Crippen LogP contribution in [0.3, 0.4) is 0 Å². The highest BCUT2D eigenvalue weighted by Gasteiger charge is 2.36. The smallest absolute Gasteiger partial charge is 0.256 e. The summed E-state index contributed by atoms with van der Waals surface area (Å²) in [6.45, 7) is 2.29. The van der Waals surface area contributed by atoms with E-state index in [1.54, 1.807) is 31.2 Å². The van der Waals surface area contributed by atoms with E-state index >= 15 is 0 Å². The van der Waals surface area contributed by atoms with Gasteiger partial charge in [0.1, 0.15) is 11.9 Å². The summed E-state index contributed by atoms with van der Waals surface area (Å²) < 4.78 is 13.3. The standard InChI is InChI=1S/C18H15Cl2FN2O2/c1-11-17(24)23(12-6-7-16(21)15(20)10-12)9-8-22(11)18(25)13-4-2-3-5-14(13)19/h2-7,10-11H,8-9H2,1H3. The Bertz CT molecular complexity index is 844. The van der Waals surface area contributed by atoms with Gasteiger partial charge in [0, 0.05) is 18.8 Å². The minimum Gasteiger partial charge on any atom is -0.325 e. The maximum absolute atomic E-state index is 13.3. The highest BCUT2D eigenvalue weighted by Crippen LogP contribution is 2.27. The Hall–Kier alpha value is -2.11. The van der Waals surface area contributed by atoms with Crippen LogP contribution in [0.25, 0.3) is 0 Å². The van der Waals surface area contributed by atoms with Crippen molar-refractivity contribution in [3.63, 3.8) is 0 Å². The Morgan fingerprint density at radius 3 is 2.52 bits per heavy atom. The van der Waals surface area contributed by atoms with Crippen molar-refractivity contribution in [2.75, 3.05) is 18.0 Å². The minimum absolute atomic E-state index is 0.0486. The fourth-order valence-electron chi connectivity index (χ4n) is 2.85. The van der Waals surface area contributed by atoms with Gasteiger partial charge >= 0.3 is 0 Å². The van der Waals surface area contributed by atoms with Gasteiger partial charge in [0.2, 0.25) is 5.91 Å². The zero-order chi connectivity index (χ0) is 18.1. The van der Waals surface area contributed by atoms with E-state index in [2.05, 4.69) is 0 Å². The molecule has 0 bridgehead atoms. The molecule has 0 saturated carbocycles. The highest BCUT2D eigenvalue weighted by atomic mass is 35.5. The van der Waals surface area contributed by atoms with E-state index in [9.17, 15) is 14.0 Å². The SMILES string of the molecule is CC1C(=O)N(c2ccc(F)c(Cl)c2)CCN1C(=O)c1ccccc1Cl. The lowest BCUT2D eigenvalue weighted by Gasteiger charge is -2.39. The highest BCUT2D eigenvalue weighted by molar-refractivity contribution is 6.34. The molecule has 2 aromatic carbocycles. The zero-order valence-corrected chi connectivity index (χ0v) is 14.9. The normalized spacial score (nSPS) is 17.8. The van der Waals surface area contributed by atoms with Gasteiger partial charge in [-0.3, -0.25) is 9.59 Å². The van der Waals surface area contributed by atoms with Gasteiger partial charge in [-0.05, 0) is 37.3 Å². The van der Waals surface area contributed by atoms with Gasteiger partial charge in [-0.15, -0.1) is 0 Å². The topological polar surface area (TPSA) is 40.6 Å². The molecule has 4 nitrogen and oxygen atoms in total. The van der Waals surface area contributed by atoms with Crippen LogP contribution in [0.5, 0.6) is 0 Å². The molecule has 130 valence electrons. The average Bonchev–Trinajstić information content (AvgIpc) is 2.60. The molecule has 7 heteroatoms. The minimum atomic E-state index is -0.665. The number of carbonyl (C=O) groups excluding carboxylic acids is 2. The third-order valence-electron chi connectivity index (χ3n) is 4.24. The van der Waals surface area contributed by atoms with Crippen molar-refractivity contribution in [1.82, 2.24) is 4.90 Å². The zero-order valence-electron chi connectivity index (χ0n) is 13.4. The molecule has 0 radical (unpaired) electrons. The predicted octanol–water partition coefficient (Wildman–Crippen LogP) is 4.01. The number of benzene rings is 2. The molecular formula is C18H15Cl2FN2O2. The van der Waals surface area contributed by atoms with Gasteiger partial charge in [0.15, 0.2) is 0 Å². The van der Waals surface area contributed by atoms with E-state index in [0.29, 0.717) is 29.4 Å². The van der Waals surface area contributed by atoms with Crippen molar-refractivity contribution in [3.05, 3.63) is 63.9 Å². The molecule has 1 unspecified atom stereocenters. The van der Waals surface area contributed by atoms with Crippen molar-refractivity contribution < 1.29 is 14.0 Å². The summed E-state index contributed by atoms with van der Waals surface area (Å²) in [5, 5.41) is 0.299. The number of rotatable bonds is 2. The summed E-state index contributed by atoms with van der Waals surface area (Å²) in [5.41, 5.74) is 0.871. The largest absolute Gasteiger partial charge is 0.325 e. The first-order valence-electron chi connectivity index (χ1n) is 7.72. The first-order chi connectivity index (χ1) is 11.9. The van der Waals surface area contributed by atoms with Gasteiger partial charge < -0.3 is 9.80 Å². The van der Waals surface area contributed by atoms with Crippen molar-refractivity contribution >= 4 is 40.7 Å². The number of halogens is 3.